The highest BCUT2D eigenvalue weighted by Crippen LogP contribution is 2.39. The number of nitrogens with zero attached hydrogens (tertiary/aromatic N) is 4. The van der Waals surface area contributed by atoms with Crippen LogP contribution in [-0.4, -0.2) is 69.1 Å². The van der Waals surface area contributed by atoms with Gasteiger partial charge in [0.2, 0.25) is 5.95 Å². The quantitative estimate of drug-likeness (QED) is 0.185. The molecule has 236 valence electrons. The van der Waals surface area contributed by atoms with Crippen LogP contribution in [0.15, 0.2) is 35.4 Å². The standard InChI is InChI=1S/C31H39FN6O4S2/c1-7-21-25-23(10-11-33-21)43-29(37-25)24-17(3)35-30(34-15-31(4,5)6)38-28(24)36-22-13-18(26(39)27(22)40)14-44(41,42)19-8-9-20(32)16(2)12-19/h8-12,18,22,26-27,39-40H,7,13-15H2,1-6H3,(H2,34,35,36,38)/t18-,22-,26-,27+/m1/s1. The Balaban J connectivity index is 1.48. The highest BCUT2D eigenvalue weighted by atomic mass is 32.2. The molecule has 3 heterocycles. The van der Waals surface area contributed by atoms with E-state index in [0.717, 1.165) is 28.4 Å². The smallest absolute Gasteiger partial charge is 0.224 e. The molecule has 0 unspecified atom stereocenters. The predicted octanol–water partition coefficient (Wildman–Crippen LogP) is 4.92. The zero-order valence-corrected chi connectivity index (χ0v) is 27.4. The number of thiazole rings is 1. The first-order chi connectivity index (χ1) is 20.7. The van der Waals surface area contributed by atoms with Crippen LogP contribution in [0.4, 0.5) is 16.2 Å². The summed E-state index contributed by atoms with van der Waals surface area (Å²) in [4.78, 5) is 18.9. The lowest BCUT2D eigenvalue weighted by molar-refractivity contribution is 0.0216. The van der Waals surface area contributed by atoms with Crippen molar-refractivity contribution in [1.82, 2.24) is 19.9 Å². The molecule has 0 aliphatic heterocycles. The number of aromatic nitrogens is 4. The van der Waals surface area contributed by atoms with E-state index in [0.29, 0.717) is 34.6 Å². The molecule has 0 amide bonds. The Morgan fingerprint density at radius 3 is 2.52 bits per heavy atom. The van der Waals surface area contributed by atoms with E-state index >= 15 is 0 Å². The van der Waals surface area contributed by atoms with Gasteiger partial charge in [0.1, 0.15) is 28.3 Å². The first kappa shape index (κ1) is 32.1. The van der Waals surface area contributed by atoms with E-state index in [4.69, 9.17) is 15.0 Å². The molecule has 1 aliphatic carbocycles. The minimum atomic E-state index is -3.86. The summed E-state index contributed by atoms with van der Waals surface area (Å²) in [5.41, 5.74) is 3.21. The second-order valence-corrected chi connectivity index (χ2v) is 15.7. The van der Waals surface area contributed by atoms with E-state index in [2.05, 4.69) is 36.4 Å². The minimum Gasteiger partial charge on any atom is -0.390 e. The van der Waals surface area contributed by atoms with Crippen molar-refractivity contribution < 1.29 is 23.0 Å². The average Bonchev–Trinajstić information content (AvgIpc) is 3.49. The summed E-state index contributed by atoms with van der Waals surface area (Å²) in [5.74, 6) is -0.823. The minimum absolute atomic E-state index is 0.0189. The number of halogens is 1. The summed E-state index contributed by atoms with van der Waals surface area (Å²) >= 11 is 1.49. The molecule has 4 N–H and O–H groups in total. The number of benzene rings is 1. The van der Waals surface area contributed by atoms with Crippen LogP contribution in [0.25, 0.3) is 20.8 Å². The second-order valence-electron chi connectivity index (χ2n) is 12.7. The van der Waals surface area contributed by atoms with Gasteiger partial charge in [0.25, 0.3) is 0 Å². The van der Waals surface area contributed by atoms with Gasteiger partial charge in [0.15, 0.2) is 9.84 Å². The fourth-order valence-electron chi connectivity index (χ4n) is 5.43. The third-order valence-electron chi connectivity index (χ3n) is 7.84. The largest absolute Gasteiger partial charge is 0.390 e. The van der Waals surface area contributed by atoms with Crippen LogP contribution in [0.3, 0.4) is 0 Å². The maximum absolute atomic E-state index is 13.8. The molecular formula is C31H39FN6O4S2. The number of rotatable bonds is 9. The van der Waals surface area contributed by atoms with E-state index in [9.17, 15) is 23.0 Å². The molecule has 4 atom stereocenters. The van der Waals surface area contributed by atoms with E-state index in [-0.39, 0.29) is 22.3 Å². The number of hydrogen-bond acceptors (Lipinski definition) is 11. The molecule has 0 saturated heterocycles. The van der Waals surface area contributed by atoms with Gasteiger partial charge in [0.05, 0.1) is 44.4 Å². The van der Waals surface area contributed by atoms with E-state index in [1.54, 1.807) is 6.20 Å². The third-order valence-corrected chi connectivity index (χ3v) is 10.7. The number of nitrogens with one attached hydrogen (secondary N) is 2. The topological polar surface area (TPSA) is 150 Å². The number of fused-ring (bicyclic) bond motifs is 1. The Kier molecular flexibility index (Phi) is 8.96. The fraction of sp³-hybridized carbons (Fsp3) is 0.484. The number of hydrogen-bond donors (Lipinski definition) is 4. The molecule has 13 heteroatoms. The highest BCUT2D eigenvalue weighted by molar-refractivity contribution is 7.91. The number of aliphatic hydroxyl groups excluding tert-OH is 2. The second kappa shape index (κ2) is 12.3. The van der Waals surface area contributed by atoms with Crippen LogP contribution in [0, 0.1) is 31.0 Å². The van der Waals surface area contributed by atoms with Gasteiger partial charge in [-0.25, -0.2) is 22.8 Å². The van der Waals surface area contributed by atoms with E-state index < -0.39 is 45.6 Å². The Hall–Kier alpha value is -3.26. The molecule has 0 bridgehead atoms. The number of anilines is 2. The van der Waals surface area contributed by atoms with Gasteiger partial charge in [0, 0.05) is 18.7 Å². The molecule has 10 nitrogen and oxygen atoms in total. The molecule has 1 fully saturated rings. The predicted molar refractivity (Wildman–Crippen MR) is 171 cm³/mol. The normalized spacial score (nSPS) is 20.8. The van der Waals surface area contributed by atoms with Gasteiger partial charge in [-0.05, 0) is 61.9 Å². The molecule has 4 aromatic rings. The Labute approximate surface area is 261 Å². The number of aliphatic hydroxyl groups is 2. The van der Waals surface area contributed by atoms with Crippen LogP contribution in [-0.2, 0) is 16.3 Å². The monoisotopic (exact) mass is 642 g/mol. The first-order valence-corrected chi connectivity index (χ1v) is 17.1. The third kappa shape index (κ3) is 6.70. The summed E-state index contributed by atoms with van der Waals surface area (Å²) in [6, 6.07) is 4.86. The summed E-state index contributed by atoms with van der Waals surface area (Å²) in [6.07, 6.45) is 0.103. The Morgan fingerprint density at radius 1 is 1.09 bits per heavy atom. The van der Waals surface area contributed by atoms with Crippen LogP contribution in [0.2, 0.25) is 0 Å². The summed E-state index contributed by atoms with van der Waals surface area (Å²) in [5, 5.41) is 29.3. The molecule has 3 aromatic heterocycles. The van der Waals surface area contributed by atoms with Gasteiger partial charge in [-0.2, -0.15) is 4.98 Å². The lowest BCUT2D eigenvalue weighted by atomic mass is 9.97. The van der Waals surface area contributed by atoms with Crippen LogP contribution in [0.1, 0.15) is 51.1 Å². The van der Waals surface area contributed by atoms with Crippen molar-refractivity contribution >= 4 is 43.2 Å². The van der Waals surface area contributed by atoms with Gasteiger partial charge in [-0.15, -0.1) is 11.3 Å². The fourth-order valence-corrected chi connectivity index (χ4v) is 8.23. The lowest BCUT2D eigenvalue weighted by Crippen LogP contribution is -2.36. The van der Waals surface area contributed by atoms with Crippen LogP contribution < -0.4 is 10.6 Å². The molecule has 1 aliphatic rings. The summed E-state index contributed by atoms with van der Waals surface area (Å²) in [6.45, 7) is 12.3. The molecule has 0 spiro atoms. The number of sulfone groups is 1. The zero-order chi connectivity index (χ0) is 32.0. The molecule has 1 saturated carbocycles. The van der Waals surface area contributed by atoms with Gasteiger partial charge < -0.3 is 20.8 Å². The average molecular weight is 643 g/mol. The van der Waals surface area contributed by atoms with Crippen LogP contribution in [0.5, 0.6) is 0 Å². The van der Waals surface area contributed by atoms with Crippen molar-refractivity contribution in [3.8, 4) is 10.6 Å². The first-order valence-electron chi connectivity index (χ1n) is 14.7. The molecular weight excluding hydrogens is 604 g/mol. The Bertz CT molecular complexity index is 1790. The SMILES string of the molecule is CCc1nccc2sc(-c3c(C)nc(NCC(C)(C)C)nc3N[C@@H]3C[C@H](CS(=O)(=O)c4ccc(F)c(C)c4)[C@@H](O)[C@H]3O)nc12. The van der Waals surface area contributed by atoms with Crippen molar-refractivity contribution in [2.45, 2.75) is 77.5 Å². The summed E-state index contributed by atoms with van der Waals surface area (Å²) in [7, 11) is -3.86. The number of aryl methyl sites for hydroxylation is 3. The van der Waals surface area contributed by atoms with Gasteiger partial charge in [-0.1, -0.05) is 27.7 Å². The van der Waals surface area contributed by atoms with E-state index in [1.807, 2.05) is 19.9 Å². The number of pyridine rings is 1. The Morgan fingerprint density at radius 2 is 1.84 bits per heavy atom. The van der Waals surface area contributed by atoms with Gasteiger partial charge in [-0.3, -0.25) is 4.98 Å². The molecule has 5 rings (SSSR count). The van der Waals surface area contributed by atoms with E-state index in [1.165, 1.54) is 30.4 Å². The van der Waals surface area contributed by atoms with Crippen molar-refractivity contribution in [2.75, 3.05) is 22.9 Å². The molecule has 1 aromatic carbocycles. The summed E-state index contributed by atoms with van der Waals surface area (Å²) < 4.78 is 41.2. The maximum Gasteiger partial charge on any atom is 0.224 e. The van der Waals surface area contributed by atoms with Crippen molar-refractivity contribution in [1.29, 1.82) is 0 Å². The highest BCUT2D eigenvalue weighted by Gasteiger charge is 2.44. The van der Waals surface area contributed by atoms with Crippen molar-refractivity contribution in [3.05, 3.63) is 53.2 Å². The zero-order valence-electron chi connectivity index (χ0n) is 25.7. The van der Waals surface area contributed by atoms with Crippen molar-refractivity contribution in [3.63, 3.8) is 0 Å². The molecule has 0 radical (unpaired) electrons. The maximum atomic E-state index is 13.8. The lowest BCUT2D eigenvalue weighted by Gasteiger charge is -2.22. The van der Waals surface area contributed by atoms with Gasteiger partial charge >= 0.3 is 0 Å². The van der Waals surface area contributed by atoms with Crippen molar-refractivity contribution in [2.24, 2.45) is 11.3 Å². The van der Waals surface area contributed by atoms with Crippen LogP contribution >= 0.6 is 11.3 Å². The molecule has 44 heavy (non-hydrogen) atoms.